The average molecular weight is 509 g/mol. The number of hydrogen-bond donors (Lipinski definition) is 9. The Bertz CT molecular complexity index is 1000. The smallest absolute Gasteiger partial charge is 0.328 e. The molecule has 0 fully saturated rings. The van der Waals surface area contributed by atoms with Gasteiger partial charge in [-0.2, -0.15) is 12.6 Å². The summed E-state index contributed by atoms with van der Waals surface area (Å²) < 4.78 is 0. The van der Waals surface area contributed by atoms with Crippen molar-refractivity contribution in [3.05, 3.63) is 48.0 Å². The van der Waals surface area contributed by atoms with Crippen molar-refractivity contribution in [2.24, 2.45) is 5.73 Å². The highest BCUT2D eigenvalue weighted by atomic mass is 32.1. The Labute approximate surface area is 205 Å². The number of H-pyrrole nitrogens is 1. The van der Waals surface area contributed by atoms with Gasteiger partial charge in [0.05, 0.1) is 19.0 Å². The van der Waals surface area contributed by atoms with Crippen molar-refractivity contribution in [2.75, 3.05) is 12.4 Å². The molecule has 14 heteroatoms. The molecule has 9 N–H and O–H groups in total. The molecule has 2 rings (SSSR count). The highest BCUT2D eigenvalue weighted by Crippen LogP contribution is 2.12. The number of aromatic nitrogens is 2. The minimum Gasteiger partial charge on any atom is -0.508 e. The summed E-state index contributed by atoms with van der Waals surface area (Å²) in [5.41, 5.74) is 6.78. The second-order valence-electron chi connectivity index (χ2n) is 7.64. The van der Waals surface area contributed by atoms with Gasteiger partial charge in [-0.3, -0.25) is 14.4 Å². The first-order chi connectivity index (χ1) is 16.6. The number of carbonyl (C=O) groups is 4. The van der Waals surface area contributed by atoms with Gasteiger partial charge in [-0.05, 0) is 17.7 Å². The lowest BCUT2D eigenvalue weighted by Crippen LogP contribution is -2.58. The number of aliphatic hydroxyl groups excluding tert-OH is 1. The molecular formula is C21H28N6O7S. The number of imidazole rings is 1. The van der Waals surface area contributed by atoms with Crippen molar-refractivity contribution < 1.29 is 34.5 Å². The number of thiol groups is 1. The van der Waals surface area contributed by atoms with Gasteiger partial charge in [-0.1, -0.05) is 12.1 Å². The first-order valence-corrected chi connectivity index (χ1v) is 11.1. The number of aliphatic hydroxyl groups is 1. The fourth-order valence-corrected chi connectivity index (χ4v) is 3.16. The number of amides is 3. The van der Waals surface area contributed by atoms with Gasteiger partial charge in [0.15, 0.2) is 0 Å². The third-order valence-corrected chi connectivity index (χ3v) is 5.35. The van der Waals surface area contributed by atoms with Crippen LogP contribution in [0.15, 0.2) is 36.8 Å². The molecule has 0 radical (unpaired) electrons. The second-order valence-corrected chi connectivity index (χ2v) is 8.01. The van der Waals surface area contributed by atoms with E-state index in [4.69, 9.17) is 10.8 Å². The molecule has 2 aromatic rings. The molecule has 1 heterocycles. The normalized spacial score (nSPS) is 14.3. The van der Waals surface area contributed by atoms with Gasteiger partial charge in [-0.15, -0.1) is 0 Å². The molecule has 0 saturated heterocycles. The Balaban J connectivity index is 2.26. The Morgan fingerprint density at radius 3 is 2.06 bits per heavy atom. The van der Waals surface area contributed by atoms with Crippen LogP contribution in [-0.4, -0.2) is 85.5 Å². The molecule has 0 saturated carbocycles. The Kier molecular flexibility index (Phi) is 10.5. The largest absolute Gasteiger partial charge is 0.508 e. The van der Waals surface area contributed by atoms with Gasteiger partial charge < -0.3 is 42.0 Å². The van der Waals surface area contributed by atoms with Crippen LogP contribution in [0, 0.1) is 0 Å². The molecular weight excluding hydrogens is 480 g/mol. The standard InChI is InChI=1S/C21H28N6O7S/c22-14(9-35)18(30)25-15(5-11-1-3-13(29)4-2-11)19(31)26-16(6-12-7-23-10-24-12)20(32)27-17(8-28)21(33)34/h1-4,7,10,14-17,28-29,35H,5-6,8-9,22H2,(H,23,24)(H,25,30)(H,26,31)(H,27,32)(H,33,34). The lowest BCUT2D eigenvalue weighted by molar-refractivity contribution is -0.143. The van der Waals surface area contributed by atoms with Gasteiger partial charge in [0, 0.05) is 30.5 Å². The zero-order valence-electron chi connectivity index (χ0n) is 18.5. The lowest BCUT2D eigenvalue weighted by Gasteiger charge is -2.25. The molecule has 1 aromatic heterocycles. The molecule has 13 nitrogen and oxygen atoms in total. The molecule has 0 aliphatic rings. The van der Waals surface area contributed by atoms with Crippen molar-refractivity contribution in [1.29, 1.82) is 0 Å². The average Bonchev–Trinajstić information content (AvgIpc) is 3.35. The van der Waals surface area contributed by atoms with E-state index in [1.807, 2.05) is 0 Å². The Hall–Kier alpha value is -3.62. The number of nitrogens with zero attached hydrogens (tertiary/aromatic N) is 1. The first-order valence-electron chi connectivity index (χ1n) is 10.5. The van der Waals surface area contributed by atoms with Gasteiger partial charge in [0.25, 0.3) is 0 Å². The van der Waals surface area contributed by atoms with Crippen LogP contribution in [0.1, 0.15) is 11.3 Å². The van der Waals surface area contributed by atoms with E-state index in [0.29, 0.717) is 11.3 Å². The number of carboxylic acids is 1. The highest BCUT2D eigenvalue weighted by molar-refractivity contribution is 7.80. The second kappa shape index (κ2) is 13.3. The van der Waals surface area contributed by atoms with Crippen LogP contribution in [0.3, 0.4) is 0 Å². The van der Waals surface area contributed by atoms with E-state index in [2.05, 4.69) is 38.5 Å². The van der Waals surface area contributed by atoms with Crippen molar-refractivity contribution >= 4 is 36.3 Å². The SMILES string of the molecule is NC(CS)C(=O)NC(Cc1ccc(O)cc1)C(=O)NC(Cc1cnc[nH]1)C(=O)NC(CO)C(=O)O. The molecule has 4 atom stereocenters. The number of benzene rings is 1. The van der Waals surface area contributed by atoms with E-state index < -0.39 is 54.5 Å². The van der Waals surface area contributed by atoms with Crippen molar-refractivity contribution in [1.82, 2.24) is 25.9 Å². The van der Waals surface area contributed by atoms with Crippen LogP contribution < -0.4 is 21.7 Å². The third kappa shape index (κ3) is 8.59. The summed E-state index contributed by atoms with van der Waals surface area (Å²) in [6, 6.07) is 0.962. The number of carboxylic acid groups (broad SMARTS) is 1. The fourth-order valence-electron chi connectivity index (χ4n) is 2.99. The number of phenolic OH excluding ortho intramolecular Hbond substituents is 1. The number of aromatic amines is 1. The van der Waals surface area contributed by atoms with Crippen LogP contribution in [-0.2, 0) is 32.0 Å². The zero-order valence-corrected chi connectivity index (χ0v) is 19.4. The molecule has 0 aliphatic heterocycles. The number of carbonyl (C=O) groups excluding carboxylic acids is 3. The van der Waals surface area contributed by atoms with E-state index >= 15 is 0 Å². The zero-order chi connectivity index (χ0) is 26.0. The topological polar surface area (TPSA) is 220 Å². The quantitative estimate of drug-likeness (QED) is 0.132. The summed E-state index contributed by atoms with van der Waals surface area (Å²) in [5, 5.41) is 35.1. The van der Waals surface area contributed by atoms with Crippen LogP contribution in [0.2, 0.25) is 0 Å². The predicted molar refractivity (Wildman–Crippen MR) is 126 cm³/mol. The van der Waals surface area contributed by atoms with Crippen molar-refractivity contribution in [3.8, 4) is 5.75 Å². The number of aromatic hydroxyl groups is 1. The number of nitrogens with two attached hydrogens (primary N) is 1. The summed E-state index contributed by atoms with van der Waals surface area (Å²) >= 11 is 3.98. The van der Waals surface area contributed by atoms with Gasteiger partial charge >= 0.3 is 5.97 Å². The first kappa shape index (κ1) is 27.6. The predicted octanol–water partition coefficient (Wildman–Crippen LogP) is -2.31. The summed E-state index contributed by atoms with van der Waals surface area (Å²) in [6.07, 6.45) is 2.72. The molecule has 3 amide bonds. The van der Waals surface area contributed by atoms with Gasteiger partial charge in [0.1, 0.15) is 23.9 Å². The molecule has 0 aliphatic carbocycles. The number of aliphatic carboxylic acids is 1. The van der Waals surface area contributed by atoms with Crippen LogP contribution in [0.4, 0.5) is 0 Å². The lowest BCUT2D eigenvalue weighted by atomic mass is 10.0. The number of hydrogen-bond acceptors (Lipinski definition) is 9. The monoisotopic (exact) mass is 508 g/mol. The Morgan fingerprint density at radius 1 is 0.971 bits per heavy atom. The maximum Gasteiger partial charge on any atom is 0.328 e. The summed E-state index contributed by atoms with van der Waals surface area (Å²) in [6.45, 7) is -0.854. The Morgan fingerprint density at radius 2 is 1.54 bits per heavy atom. The maximum atomic E-state index is 13.2. The summed E-state index contributed by atoms with van der Waals surface area (Å²) in [4.78, 5) is 56.2. The summed E-state index contributed by atoms with van der Waals surface area (Å²) in [5.74, 6) is -3.65. The van der Waals surface area contributed by atoms with Crippen LogP contribution in [0.25, 0.3) is 0 Å². The maximum absolute atomic E-state index is 13.2. The van der Waals surface area contributed by atoms with E-state index in [9.17, 15) is 29.4 Å². The van der Waals surface area contributed by atoms with Crippen molar-refractivity contribution in [2.45, 2.75) is 37.0 Å². The highest BCUT2D eigenvalue weighted by Gasteiger charge is 2.30. The number of rotatable bonds is 13. The molecule has 35 heavy (non-hydrogen) atoms. The van der Waals surface area contributed by atoms with E-state index in [-0.39, 0.29) is 24.3 Å². The minimum absolute atomic E-state index is 0.00390. The fraction of sp³-hybridized carbons (Fsp3) is 0.381. The number of nitrogens with one attached hydrogen (secondary N) is 4. The number of phenols is 1. The van der Waals surface area contributed by atoms with Crippen LogP contribution >= 0.6 is 12.6 Å². The van der Waals surface area contributed by atoms with E-state index in [0.717, 1.165) is 0 Å². The molecule has 1 aromatic carbocycles. The van der Waals surface area contributed by atoms with Gasteiger partial charge in [0.2, 0.25) is 17.7 Å². The minimum atomic E-state index is -1.58. The molecule has 0 bridgehead atoms. The molecule has 4 unspecified atom stereocenters. The van der Waals surface area contributed by atoms with Gasteiger partial charge in [-0.25, -0.2) is 9.78 Å². The molecule has 0 spiro atoms. The van der Waals surface area contributed by atoms with Crippen LogP contribution in [0.5, 0.6) is 5.75 Å². The van der Waals surface area contributed by atoms with Crippen molar-refractivity contribution in [3.63, 3.8) is 0 Å². The molecule has 190 valence electrons. The summed E-state index contributed by atoms with van der Waals surface area (Å²) in [7, 11) is 0. The van der Waals surface area contributed by atoms with E-state index in [1.165, 1.54) is 24.7 Å². The third-order valence-electron chi connectivity index (χ3n) is 4.95. The van der Waals surface area contributed by atoms with E-state index in [1.54, 1.807) is 12.1 Å².